The molecule has 0 aromatic carbocycles. The van der Waals surface area contributed by atoms with E-state index in [2.05, 4.69) is 9.97 Å². The average Bonchev–Trinajstić information content (AvgIpc) is 2.04. The topological polar surface area (TPSA) is 35.0 Å². The second-order valence-corrected chi connectivity index (χ2v) is 2.99. The molecule has 0 saturated heterocycles. The van der Waals surface area contributed by atoms with E-state index >= 15 is 0 Å². The number of nitrogens with zero attached hydrogens (tertiary/aromatic N) is 2. The fourth-order valence-corrected chi connectivity index (χ4v) is 1.40. The van der Waals surface area contributed by atoms with Crippen molar-refractivity contribution in [1.82, 2.24) is 9.97 Å². The molecule has 0 aliphatic heterocycles. The fraction of sp³-hybridized carbons (Fsp3) is 0.556. The molecule has 72 valence electrons. The van der Waals surface area contributed by atoms with Gasteiger partial charge in [0.2, 0.25) is 11.2 Å². The number of ether oxygens (including phenoxy) is 1. The number of rotatable bonds is 3. The highest BCUT2D eigenvalue weighted by molar-refractivity contribution is 6.28. The van der Waals surface area contributed by atoms with Crippen molar-refractivity contribution in [2.24, 2.45) is 0 Å². The van der Waals surface area contributed by atoms with E-state index in [0.29, 0.717) is 12.5 Å². The standard InChI is InChI=1S/C9H13ClN2O/c1-4-7-6(3)11-9(10)12-8(7)13-5-2/h4-5H2,1-3H3. The first-order valence-corrected chi connectivity index (χ1v) is 4.72. The summed E-state index contributed by atoms with van der Waals surface area (Å²) in [4.78, 5) is 8.09. The van der Waals surface area contributed by atoms with E-state index in [9.17, 15) is 0 Å². The highest BCUT2D eigenvalue weighted by atomic mass is 35.5. The Bertz CT molecular complexity index is 302. The van der Waals surface area contributed by atoms with Crippen molar-refractivity contribution in [2.45, 2.75) is 27.2 Å². The van der Waals surface area contributed by atoms with Crippen LogP contribution in [0.15, 0.2) is 0 Å². The summed E-state index contributed by atoms with van der Waals surface area (Å²) in [5.74, 6) is 0.613. The Morgan fingerprint density at radius 3 is 2.54 bits per heavy atom. The SMILES string of the molecule is CCOc1nc(Cl)nc(C)c1CC. The lowest BCUT2D eigenvalue weighted by atomic mass is 10.2. The first-order chi connectivity index (χ1) is 6.19. The highest BCUT2D eigenvalue weighted by Gasteiger charge is 2.09. The summed E-state index contributed by atoms with van der Waals surface area (Å²) in [5, 5.41) is 0.248. The Kier molecular flexibility index (Phi) is 3.48. The number of halogens is 1. The van der Waals surface area contributed by atoms with E-state index < -0.39 is 0 Å². The normalized spacial score (nSPS) is 10.2. The molecule has 0 radical (unpaired) electrons. The van der Waals surface area contributed by atoms with Gasteiger partial charge in [0.1, 0.15) is 0 Å². The van der Waals surface area contributed by atoms with Crippen LogP contribution in [0.25, 0.3) is 0 Å². The minimum atomic E-state index is 0.248. The Hall–Kier alpha value is -0.830. The van der Waals surface area contributed by atoms with Gasteiger partial charge >= 0.3 is 0 Å². The van der Waals surface area contributed by atoms with Gasteiger partial charge in [-0.05, 0) is 31.9 Å². The average molecular weight is 201 g/mol. The molecule has 0 unspecified atom stereocenters. The van der Waals surface area contributed by atoms with E-state index in [1.807, 2.05) is 20.8 Å². The van der Waals surface area contributed by atoms with E-state index in [0.717, 1.165) is 17.7 Å². The van der Waals surface area contributed by atoms with Gasteiger partial charge in [0, 0.05) is 11.3 Å². The molecule has 3 nitrogen and oxygen atoms in total. The van der Waals surface area contributed by atoms with Gasteiger partial charge in [0.25, 0.3) is 0 Å². The summed E-state index contributed by atoms with van der Waals surface area (Å²) in [6.07, 6.45) is 0.859. The van der Waals surface area contributed by atoms with Crippen molar-refractivity contribution in [3.8, 4) is 5.88 Å². The molecule has 1 heterocycles. The largest absolute Gasteiger partial charge is 0.478 e. The number of hydrogen-bond donors (Lipinski definition) is 0. The molecule has 0 aliphatic carbocycles. The zero-order valence-corrected chi connectivity index (χ0v) is 8.85. The molecule has 0 bridgehead atoms. The van der Waals surface area contributed by atoms with Crippen molar-refractivity contribution in [3.05, 3.63) is 16.5 Å². The van der Waals surface area contributed by atoms with Gasteiger partial charge in [-0.25, -0.2) is 4.98 Å². The van der Waals surface area contributed by atoms with Gasteiger partial charge in [-0.1, -0.05) is 6.92 Å². The van der Waals surface area contributed by atoms with Gasteiger partial charge in [0.05, 0.1) is 6.61 Å². The first kappa shape index (κ1) is 10.3. The van der Waals surface area contributed by atoms with Crippen LogP contribution in [0.3, 0.4) is 0 Å². The van der Waals surface area contributed by atoms with Crippen molar-refractivity contribution >= 4 is 11.6 Å². The molecule has 0 spiro atoms. The van der Waals surface area contributed by atoms with E-state index in [4.69, 9.17) is 16.3 Å². The molecule has 1 rings (SSSR count). The molecular formula is C9H13ClN2O. The summed E-state index contributed by atoms with van der Waals surface area (Å²) < 4.78 is 5.35. The van der Waals surface area contributed by atoms with Crippen LogP contribution < -0.4 is 4.74 Å². The van der Waals surface area contributed by atoms with Gasteiger partial charge < -0.3 is 4.74 Å². The summed E-state index contributed by atoms with van der Waals surface area (Å²) >= 11 is 5.71. The lowest BCUT2D eigenvalue weighted by molar-refractivity contribution is 0.322. The van der Waals surface area contributed by atoms with Crippen LogP contribution in [0.5, 0.6) is 5.88 Å². The zero-order chi connectivity index (χ0) is 9.84. The van der Waals surface area contributed by atoms with Crippen LogP contribution >= 0.6 is 11.6 Å². The zero-order valence-electron chi connectivity index (χ0n) is 8.09. The summed E-state index contributed by atoms with van der Waals surface area (Å²) in [5.41, 5.74) is 1.93. The van der Waals surface area contributed by atoms with Crippen LogP contribution in [-0.4, -0.2) is 16.6 Å². The molecule has 0 saturated carbocycles. The molecule has 0 atom stereocenters. The predicted molar refractivity (Wildman–Crippen MR) is 52.3 cm³/mol. The third-order valence-electron chi connectivity index (χ3n) is 1.78. The molecule has 0 N–H and O–H groups in total. The molecule has 0 aliphatic rings. The van der Waals surface area contributed by atoms with Crippen LogP contribution in [0.1, 0.15) is 25.1 Å². The molecule has 0 fully saturated rings. The smallest absolute Gasteiger partial charge is 0.225 e. The first-order valence-electron chi connectivity index (χ1n) is 4.34. The maximum Gasteiger partial charge on any atom is 0.225 e. The van der Waals surface area contributed by atoms with Crippen molar-refractivity contribution in [2.75, 3.05) is 6.61 Å². The van der Waals surface area contributed by atoms with Crippen LogP contribution in [0.2, 0.25) is 5.28 Å². The van der Waals surface area contributed by atoms with Crippen molar-refractivity contribution in [3.63, 3.8) is 0 Å². The summed E-state index contributed by atoms with van der Waals surface area (Å²) in [6.45, 7) is 6.47. The highest BCUT2D eigenvalue weighted by Crippen LogP contribution is 2.20. The Balaban J connectivity index is 3.13. The minimum Gasteiger partial charge on any atom is -0.478 e. The quantitative estimate of drug-likeness (QED) is 0.703. The van der Waals surface area contributed by atoms with E-state index in [-0.39, 0.29) is 5.28 Å². The number of aromatic nitrogens is 2. The second-order valence-electron chi connectivity index (χ2n) is 2.65. The van der Waals surface area contributed by atoms with Gasteiger partial charge in [-0.3, -0.25) is 0 Å². The summed E-state index contributed by atoms with van der Waals surface area (Å²) in [7, 11) is 0. The third-order valence-corrected chi connectivity index (χ3v) is 1.95. The van der Waals surface area contributed by atoms with Gasteiger partial charge in [-0.15, -0.1) is 0 Å². The van der Waals surface area contributed by atoms with Crippen LogP contribution in [0, 0.1) is 6.92 Å². The van der Waals surface area contributed by atoms with Gasteiger partial charge in [-0.2, -0.15) is 4.98 Å². The van der Waals surface area contributed by atoms with Crippen molar-refractivity contribution in [1.29, 1.82) is 0 Å². The number of aryl methyl sites for hydroxylation is 1. The fourth-order valence-electron chi connectivity index (χ4n) is 1.20. The maximum absolute atomic E-state index is 5.71. The lowest BCUT2D eigenvalue weighted by Crippen LogP contribution is -2.03. The molecule has 4 heteroatoms. The molecule has 1 aromatic heterocycles. The Morgan fingerprint density at radius 1 is 1.31 bits per heavy atom. The third kappa shape index (κ3) is 2.31. The maximum atomic E-state index is 5.71. The monoisotopic (exact) mass is 200 g/mol. The van der Waals surface area contributed by atoms with Crippen molar-refractivity contribution < 1.29 is 4.74 Å². The molecule has 1 aromatic rings. The van der Waals surface area contributed by atoms with E-state index in [1.165, 1.54) is 0 Å². The van der Waals surface area contributed by atoms with Crippen LogP contribution in [0.4, 0.5) is 0 Å². The minimum absolute atomic E-state index is 0.248. The summed E-state index contributed by atoms with van der Waals surface area (Å²) in [6, 6.07) is 0. The Morgan fingerprint density at radius 2 is 2.00 bits per heavy atom. The Labute approximate surface area is 83.1 Å². The predicted octanol–water partition coefficient (Wildman–Crippen LogP) is 2.40. The van der Waals surface area contributed by atoms with Crippen LogP contribution in [-0.2, 0) is 6.42 Å². The molecular weight excluding hydrogens is 188 g/mol. The molecule has 0 amide bonds. The molecule has 13 heavy (non-hydrogen) atoms. The van der Waals surface area contributed by atoms with E-state index in [1.54, 1.807) is 0 Å². The second kappa shape index (κ2) is 4.42. The lowest BCUT2D eigenvalue weighted by Gasteiger charge is -2.09. The number of hydrogen-bond acceptors (Lipinski definition) is 3. The van der Waals surface area contributed by atoms with Gasteiger partial charge in [0.15, 0.2) is 0 Å².